The summed E-state index contributed by atoms with van der Waals surface area (Å²) in [5.41, 5.74) is 1.92. The maximum Gasteiger partial charge on any atom is 0.305 e. The van der Waals surface area contributed by atoms with E-state index in [4.69, 9.17) is 0 Å². The lowest BCUT2D eigenvalue weighted by molar-refractivity contribution is -0.140. The van der Waals surface area contributed by atoms with Crippen LogP contribution >= 0.6 is 0 Å². The number of anilines is 2. The number of hydrogen-bond donors (Lipinski definition) is 1. The van der Waals surface area contributed by atoms with Crippen molar-refractivity contribution in [2.24, 2.45) is 5.92 Å². The first-order valence-electron chi connectivity index (χ1n) is 8.09. The summed E-state index contributed by atoms with van der Waals surface area (Å²) in [7, 11) is 5.37. The van der Waals surface area contributed by atoms with Crippen molar-refractivity contribution < 1.29 is 14.3 Å². The van der Waals surface area contributed by atoms with Gasteiger partial charge < -0.3 is 15.0 Å². The normalized spacial score (nSPS) is 11.7. The molecule has 128 valence electrons. The van der Waals surface area contributed by atoms with E-state index >= 15 is 0 Å². The molecule has 1 N–H and O–H groups in total. The van der Waals surface area contributed by atoms with Crippen LogP contribution in [0.15, 0.2) is 24.3 Å². The van der Waals surface area contributed by atoms with E-state index in [1.54, 1.807) is 0 Å². The topological polar surface area (TPSA) is 58.6 Å². The van der Waals surface area contributed by atoms with Gasteiger partial charge in [-0.1, -0.05) is 19.8 Å². The van der Waals surface area contributed by atoms with Crippen LogP contribution in [0.1, 0.15) is 39.0 Å². The molecule has 1 aromatic carbocycles. The number of amides is 1. The van der Waals surface area contributed by atoms with E-state index in [2.05, 4.69) is 10.1 Å². The third-order valence-electron chi connectivity index (χ3n) is 3.84. The number of carbonyl (C=O) groups excluding carboxylic acids is 2. The lowest BCUT2D eigenvalue weighted by atomic mass is 10.0. The number of methoxy groups -OCH3 is 1. The van der Waals surface area contributed by atoms with E-state index < -0.39 is 0 Å². The predicted molar refractivity (Wildman–Crippen MR) is 93.7 cm³/mol. The van der Waals surface area contributed by atoms with Crippen LogP contribution in [-0.4, -0.2) is 33.1 Å². The van der Waals surface area contributed by atoms with Gasteiger partial charge in [0, 0.05) is 37.8 Å². The molecule has 0 aliphatic rings. The minimum absolute atomic E-state index is 0.0376. The van der Waals surface area contributed by atoms with E-state index in [-0.39, 0.29) is 17.8 Å². The van der Waals surface area contributed by atoms with Crippen molar-refractivity contribution in [3.8, 4) is 0 Å². The molecule has 1 rings (SSSR count). The molecule has 0 radical (unpaired) electrons. The lowest BCUT2D eigenvalue weighted by Crippen LogP contribution is -2.20. The average Bonchev–Trinajstić information content (AvgIpc) is 2.54. The SMILES string of the molecule is COC(=O)CCCCCC(C)C(=O)Nc1ccc(N(C)C)cc1. The molecule has 1 unspecified atom stereocenters. The number of carbonyl (C=O) groups is 2. The van der Waals surface area contributed by atoms with Crippen LogP contribution in [0.25, 0.3) is 0 Å². The molecule has 1 aromatic rings. The maximum absolute atomic E-state index is 12.2. The first-order valence-corrected chi connectivity index (χ1v) is 8.09. The van der Waals surface area contributed by atoms with Crippen molar-refractivity contribution in [2.75, 3.05) is 31.4 Å². The molecule has 0 bridgehead atoms. The Morgan fingerprint density at radius 1 is 1.13 bits per heavy atom. The average molecular weight is 320 g/mol. The van der Waals surface area contributed by atoms with Crippen LogP contribution in [0.5, 0.6) is 0 Å². The van der Waals surface area contributed by atoms with Crippen LogP contribution in [0, 0.1) is 5.92 Å². The number of hydrogen-bond acceptors (Lipinski definition) is 4. The van der Waals surface area contributed by atoms with Gasteiger partial charge in [0.05, 0.1) is 7.11 Å². The zero-order chi connectivity index (χ0) is 17.2. The van der Waals surface area contributed by atoms with Gasteiger partial charge in [0.25, 0.3) is 0 Å². The van der Waals surface area contributed by atoms with Crippen molar-refractivity contribution in [3.63, 3.8) is 0 Å². The molecule has 23 heavy (non-hydrogen) atoms. The Morgan fingerprint density at radius 2 is 1.78 bits per heavy atom. The number of unbranched alkanes of at least 4 members (excludes halogenated alkanes) is 2. The van der Waals surface area contributed by atoms with Crippen LogP contribution in [0.4, 0.5) is 11.4 Å². The number of benzene rings is 1. The highest BCUT2D eigenvalue weighted by molar-refractivity contribution is 5.92. The van der Waals surface area contributed by atoms with Gasteiger partial charge in [0.2, 0.25) is 5.91 Å². The Morgan fingerprint density at radius 3 is 2.35 bits per heavy atom. The van der Waals surface area contributed by atoms with Crippen LogP contribution < -0.4 is 10.2 Å². The Labute approximate surface area is 139 Å². The summed E-state index contributed by atoms with van der Waals surface area (Å²) in [6.45, 7) is 1.93. The number of rotatable bonds is 9. The fourth-order valence-corrected chi connectivity index (χ4v) is 2.24. The Bertz CT molecular complexity index is 497. The molecule has 1 amide bonds. The molecule has 5 heteroatoms. The van der Waals surface area contributed by atoms with Crippen molar-refractivity contribution in [1.82, 2.24) is 0 Å². The molecule has 0 aliphatic heterocycles. The molecule has 1 atom stereocenters. The van der Waals surface area contributed by atoms with Crippen LogP contribution in [-0.2, 0) is 14.3 Å². The van der Waals surface area contributed by atoms with Crippen LogP contribution in [0.3, 0.4) is 0 Å². The molecule has 0 saturated carbocycles. The van der Waals surface area contributed by atoms with Gasteiger partial charge in [0.1, 0.15) is 0 Å². The molecular formula is C18H28N2O3. The van der Waals surface area contributed by atoms with E-state index in [1.165, 1.54) is 7.11 Å². The molecule has 5 nitrogen and oxygen atoms in total. The second-order valence-electron chi connectivity index (χ2n) is 6.01. The van der Waals surface area contributed by atoms with Gasteiger partial charge in [-0.3, -0.25) is 9.59 Å². The second kappa shape index (κ2) is 9.87. The van der Waals surface area contributed by atoms with Crippen molar-refractivity contribution in [3.05, 3.63) is 24.3 Å². The van der Waals surface area contributed by atoms with Crippen molar-refractivity contribution in [2.45, 2.75) is 39.0 Å². The summed E-state index contributed by atoms with van der Waals surface area (Å²) in [4.78, 5) is 25.2. The fourth-order valence-electron chi connectivity index (χ4n) is 2.24. The van der Waals surface area contributed by atoms with Gasteiger partial charge in [-0.2, -0.15) is 0 Å². The number of esters is 1. The zero-order valence-electron chi connectivity index (χ0n) is 14.6. The Hall–Kier alpha value is -2.04. The minimum Gasteiger partial charge on any atom is -0.469 e. The van der Waals surface area contributed by atoms with Gasteiger partial charge in [-0.15, -0.1) is 0 Å². The highest BCUT2D eigenvalue weighted by Crippen LogP contribution is 2.18. The standard InChI is InChI=1S/C18H28N2O3/c1-14(8-6-5-7-9-17(21)23-4)18(22)19-15-10-12-16(13-11-15)20(2)3/h10-14H,5-9H2,1-4H3,(H,19,22). The van der Waals surface area contributed by atoms with Gasteiger partial charge in [-0.25, -0.2) is 0 Å². The zero-order valence-corrected chi connectivity index (χ0v) is 14.6. The molecular weight excluding hydrogens is 292 g/mol. The molecule has 0 spiro atoms. The Kier molecular flexibility index (Phi) is 8.16. The van der Waals surface area contributed by atoms with E-state index in [0.717, 1.165) is 37.1 Å². The van der Waals surface area contributed by atoms with E-state index in [1.807, 2.05) is 50.2 Å². The summed E-state index contributed by atoms with van der Waals surface area (Å²) in [6, 6.07) is 7.78. The van der Waals surface area contributed by atoms with E-state index in [0.29, 0.717) is 6.42 Å². The number of ether oxygens (including phenoxy) is 1. The predicted octanol–water partition coefficient (Wildman–Crippen LogP) is 3.45. The number of nitrogens with one attached hydrogen (secondary N) is 1. The van der Waals surface area contributed by atoms with Gasteiger partial charge >= 0.3 is 5.97 Å². The highest BCUT2D eigenvalue weighted by atomic mass is 16.5. The van der Waals surface area contributed by atoms with Gasteiger partial charge in [-0.05, 0) is 37.1 Å². The first-order chi connectivity index (χ1) is 10.9. The van der Waals surface area contributed by atoms with Crippen molar-refractivity contribution in [1.29, 1.82) is 0 Å². The quantitative estimate of drug-likeness (QED) is 0.559. The lowest BCUT2D eigenvalue weighted by Gasteiger charge is -2.15. The molecule has 0 fully saturated rings. The third kappa shape index (κ3) is 7.17. The smallest absolute Gasteiger partial charge is 0.305 e. The summed E-state index contributed by atoms with van der Waals surface area (Å²) in [5, 5.41) is 2.94. The summed E-state index contributed by atoms with van der Waals surface area (Å²) in [5.74, 6) is -0.172. The fraction of sp³-hybridized carbons (Fsp3) is 0.556. The summed E-state index contributed by atoms with van der Waals surface area (Å²) in [6.07, 6.45) is 3.96. The number of nitrogens with zero attached hydrogens (tertiary/aromatic N) is 1. The molecule has 0 saturated heterocycles. The van der Waals surface area contributed by atoms with Crippen LogP contribution in [0.2, 0.25) is 0 Å². The highest BCUT2D eigenvalue weighted by Gasteiger charge is 2.13. The van der Waals surface area contributed by atoms with E-state index in [9.17, 15) is 9.59 Å². The third-order valence-corrected chi connectivity index (χ3v) is 3.84. The molecule has 0 aromatic heterocycles. The van der Waals surface area contributed by atoms with Gasteiger partial charge in [0.15, 0.2) is 0 Å². The summed E-state index contributed by atoms with van der Waals surface area (Å²) < 4.78 is 4.60. The maximum atomic E-state index is 12.2. The first kappa shape index (κ1) is 19.0. The molecule has 0 heterocycles. The largest absolute Gasteiger partial charge is 0.469 e. The minimum atomic E-state index is -0.169. The Balaban J connectivity index is 2.29. The summed E-state index contributed by atoms with van der Waals surface area (Å²) >= 11 is 0. The monoisotopic (exact) mass is 320 g/mol. The van der Waals surface area contributed by atoms with Crippen molar-refractivity contribution >= 4 is 23.3 Å². The second-order valence-corrected chi connectivity index (χ2v) is 6.01. The molecule has 0 aliphatic carbocycles.